The fraction of sp³-hybridized carbons (Fsp3) is 0. The summed E-state index contributed by atoms with van der Waals surface area (Å²) in [5.41, 5.74) is 6.02. The van der Waals surface area contributed by atoms with Crippen LogP contribution in [0.4, 0.5) is 0 Å². The zero-order valence-electron chi connectivity index (χ0n) is 9.00. The molecular formula is C11H8BrN3O3. The van der Waals surface area contributed by atoms with E-state index in [-0.39, 0.29) is 11.3 Å². The Labute approximate surface area is 110 Å². The molecule has 0 unspecified atom stereocenters. The lowest BCUT2D eigenvalue weighted by atomic mass is 10.2. The molecule has 0 saturated heterocycles. The molecule has 18 heavy (non-hydrogen) atoms. The van der Waals surface area contributed by atoms with E-state index in [9.17, 15) is 9.59 Å². The van der Waals surface area contributed by atoms with Crippen molar-refractivity contribution < 1.29 is 14.7 Å². The second-order valence-corrected chi connectivity index (χ2v) is 4.33. The van der Waals surface area contributed by atoms with Crippen LogP contribution in [0.3, 0.4) is 0 Å². The van der Waals surface area contributed by atoms with E-state index in [0.717, 1.165) is 0 Å². The van der Waals surface area contributed by atoms with Crippen LogP contribution in [0.2, 0.25) is 0 Å². The summed E-state index contributed by atoms with van der Waals surface area (Å²) >= 11 is 3.17. The fourth-order valence-electron chi connectivity index (χ4n) is 1.42. The van der Waals surface area contributed by atoms with E-state index in [1.54, 1.807) is 18.3 Å². The summed E-state index contributed by atoms with van der Waals surface area (Å²) in [6.07, 6.45) is 1.57. The first-order valence-electron chi connectivity index (χ1n) is 4.87. The molecular weight excluding hydrogens is 302 g/mol. The molecule has 0 fully saturated rings. The molecule has 2 rings (SSSR count). The van der Waals surface area contributed by atoms with Crippen molar-refractivity contribution in [2.24, 2.45) is 5.73 Å². The van der Waals surface area contributed by atoms with Crippen molar-refractivity contribution in [3.8, 4) is 5.69 Å². The Bertz CT molecular complexity index is 636. The van der Waals surface area contributed by atoms with Gasteiger partial charge in [-0.25, -0.2) is 9.48 Å². The Morgan fingerprint density at radius 1 is 1.33 bits per heavy atom. The number of halogens is 1. The number of aromatic nitrogens is 2. The van der Waals surface area contributed by atoms with Gasteiger partial charge in [0.25, 0.3) is 5.91 Å². The standard InChI is InChI=1S/C11H8BrN3O3/c12-8-5-6(1-2-7(8)11(17)18)15-4-3-9(14-15)10(13)16/h1-5H,(H2,13,16)(H,17,18). The molecule has 0 aliphatic heterocycles. The highest BCUT2D eigenvalue weighted by Crippen LogP contribution is 2.20. The summed E-state index contributed by atoms with van der Waals surface area (Å²) in [6.45, 7) is 0. The molecule has 0 aliphatic carbocycles. The van der Waals surface area contributed by atoms with Crippen molar-refractivity contribution in [3.05, 3.63) is 46.2 Å². The molecule has 0 atom stereocenters. The monoisotopic (exact) mass is 309 g/mol. The third-order valence-electron chi connectivity index (χ3n) is 2.29. The zero-order valence-corrected chi connectivity index (χ0v) is 10.6. The van der Waals surface area contributed by atoms with Gasteiger partial charge >= 0.3 is 5.97 Å². The van der Waals surface area contributed by atoms with Gasteiger partial charge in [-0.3, -0.25) is 4.79 Å². The van der Waals surface area contributed by atoms with Crippen molar-refractivity contribution in [3.63, 3.8) is 0 Å². The zero-order chi connectivity index (χ0) is 13.3. The topological polar surface area (TPSA) is 98.2 Å². The number of nitrogens with zero attached hydrogens (tertiary/aromatic N) is 2. The highest BCUT2D eigenvalue weighted by molar-refractivity contribution is 9.10. The molecule has 3 N–H and O–H groups in total. The summed E-state index contributed by atoms with van der Waals surface area (Å²) in [4.78, 5) is 21.8. The first-order chi connectivity index (χ1) is 8.49. The molecule has 2 aromatic rings. The second kappa shape index (κ2) is 4.61. The normalized spacial score (nSPS) is 10.3. The van der Waals surface area contributed by atoms with Crippen molar-refractivity contribution in [1.82, 2.24) is 9.78 Å². The quantitative estimate of drug-likeness (QED) is 0.896. The van der Waals surface area contributed by atoms with E-state index in [1.165, 1.54) is 16.8 Å². The molecule has 0 bridgehead atoms. The number of aromatic carboxylic acids is 1. The van der Waals surface area contributed by atoms with Gasteiger partial charge in [-0.2, -0.15) is 5.10 Å². The number of rotatable bonds is 3. The summed E-state index contributed by atoms with van der Waals surface area (Å²) in [6, 6.07) is 6.13. The van der Waals surface area contributed by atoms with Crippen LogP contribution in [0.5, 0.6) is 0 Å². The Morgan fingerprint density at radius 2 is 2.06 bits per heavy atom. The molecule has 6 nitrogen and oxygen atoms in total. The Hall–Kier alpha value is -2.15. The van der Waals surface area contributed by atoms with Crippen molar-refractivity contribution in [2.75, 3.05) is 0 Å². The number of carboxylic acid groups (broad SMARTS) is 1. The molecule has 7 heteroatoms. The fourth-order valence-corrected chi connectivity index (χ4v) is 1.96. The minimum Gasteiger partial charge on any atom is -0.478 e. The number of carbonyl (C=O) groups is 2. The van der Waals surface area contributed by atoms with Gasteiger partial charge < -0.3 is 10.8 Å². The number of hydrogen-bond acceptors (Lipinski definition) is 3. The predicted molar refractivity (Wildman–Crippen MR) is 66.7 cm³/mol. The molecule has 1 amide bonds. The van der Waals surface area contributed by atoms with Crippen LogP contribution in [-0.2, 0) is 0 Å². The maximum Gasteiger partial charge on any atom is 0.336 e. The van der Waals surface area contributed by atoms with E-state index in [2.05, 4.69) is 21.0 Å². The van der Waals surface area contributed by atoms with Gasteiger partial charge in [-0.15, -0.1) is 0 Å². The van der Waals surface area contributed by atoms with E-state index >= 15 is 0 Å². The van der Waals surface area contributed by atoms with Crippen LogP contribution in [0.25, 0.3) is 5.69 Å². The number of amides is 1. The molecule has 1 aromatic carbocycles. The van der Waals surface area contributed by atoms with Gasteiger partial charge in [0.2, 0.25) is 0 Å². The van der Waals surface area contributed by atoms with E-state index in [4.69, 9.17) is 10.8 Å². The molecule has 0 spiro atoms. The van der Waals surface area contributed by atoms with Crippen molar-refractivity contribution >= 4 is 27.8 Å². The summed E-state index contributed by atoms with van der Waals surface area (Å²) in [5, 5.41) is 12.9. The summed E-state index contributed by atoms with van der Waals surface area (Å²) in [5.74, 6) is -1.64. The third kappa shape index (κ3) is 2.25. The highest BCUT2D eigenvalue weighted by Gasteiger charge is 2.10. The minimum atomic E-state index is -1.02. The first-order valence-corrected chi connectivity index (χ1v) is 5.67. The molecule has 92 valence electrons. The largest absolute Gasteiger partial charge is 0.478 e. The number of nitrogens with two attached hydrogens (primary N) is 1. The molecule has 0 saturated carbocycles. The van der Waals surface area contributed by atoms with Crippen LogP contribution >= 0.6 is 15.9 Å². The summed E-state index contributed by atoms with van der Waals surface area (Å²) in [7, 11) is 0. The van der Waals surface area contributed by atoms with E-state index < -0.39 is 11.9 Å². The molecule has 0 radical (unpaired) electrons. The highest BCUT2D eigenvalue weighted by atomic mass is 79.9. The minimum absolute atomic E-state index is 0.147. The number of carboxylic acids is 1. The van der Waals surface area contributed by atoms with Crippen LogP contribution in [-0.4, -0.2) is 26.8 Å². The predicted octanol–water partition coefficient (Wildman–Crippen LogP) is 1.43. The Balaban J connectivity index is 2.42. The van der Waals surface area contributed by atoms with Crippen LogP contribution < -0.4 is 5.73 Å². The van der Waals surface area contributed by atoms with Crippen LogP contribution in [0, 0.1) is 0 Å². The van der Waals surface area contributed by atoms with Crippen LogP contribution in [0.1, 0.15) is 20.8 Å². The van der Waals surface area contributed by atoms with Gasteiger partial charge in [0.05, 0.1) is 11.3 Å². The van der Waals surface area contributed by atoms with Crippen molar-refractivity contribution in [1.29, 1.82) is 0 Å². The Morgan fingerprint density at radius 3 is 2.56 bits per heavy atom. The number of carbonyl (C=O) groups excluding carboxylic acids is 1. The van der Waals surface area contributed by atoms with Crippen molar-refractivity contribution in [2.45, 2.75) is 0 Å². The van der Waals surface area contributed by atoms with E-state index in [0.29, 0.717) is 10.2 Å². The first kappa shape index (κ1) is 12.3. The lowest BCUT2D eigenvalue weighted by Gasteiger charge is -2.04. The average molecular weight is 310 g/mol. The van der Waals surface area contributed by atoms with Crippen LogP contribution in [0.15, 0.2) is 34.9 Å². The van der Waals surface area contributed by atoms with Gasteiger partial charge in [-0.1, -0.05) is 0 Å². The summed E-state index contributed by atoms with van der Waals surface area (Å²) < 4.78 is 1.87. The molecule has 1 aromatic heterocycles. The second-order valence-electron chi connectivity index (χ2n) is 3.48. The maximum atomic E-state index is 10.9. The van der Waals surface area contributed by atoms with Gasteiger partial charge in [0.15, 0.2) is 0 Å². The van der Waals surface area contributed by atoms with Gasteiger partial charge in [0, 0.05) is 10.7 Å². The smallest absolute Gasteiger partial charge is 0.336 e. The molecule has 1 heterocycles. The van der Waals surface area contributed by atoms with Gasteiger partial charge in [-0.05, 0) is 40.2 Å². The number of primary amides is 1. The Kier molecular flexibility index (Phi) is 3.15. The van der Waals surface area contributed by atoms with E-state index in [1.807, 2.05) is 0 Å². The lowest BCUT2D eigenvalue weighted by Crippen LogP contribution is -2.12. The lowest BCUT2D eigenvalue weighted by molar-refractivity contribution is 0.0695. The maximum absolute atomic E-state index is 10.9. The number of benzene rings is 1. The molecule has 0 aliphatic rings. The average Bonchev–Trinajstić information content (AvgIpc) is 2.77. The third-order valence-corrected chi connectivity index (χ3v) is 2.95. The number of hydrogen-bond donors (Lipinski definition) is 2. The van der Waals surface area contributed by atoms with Gasteiger partial charge in [0.1, 0.15) is 5.69 Å². The SMILES string of the molecule is NC(=O)c1ccn(-c2ccc(C(=O)O)c(Br)c2)n1.